The zero-order valence-corrected chi connectivity index (χ0v) is 9.08. The minimum atomic E-state index is -0.203. The molecule has 2 heteroatoms. The number of carbonyl (C=O) groups excluding carboxylic acids is 1. The van der Waals surface area contributed by atoms with E-state index in [1.165, 1.54) is 12.8 Å². The summed E-state index contributed by atoms with van der Waals surface area (Å²) in [6, 6.07) is 0. The Labute approximate surface area is 80.5 Å². The first-order valence-electron chi connectivity index (χ1n) is 4.60. The standard InChI is InChI=1S/C10H19ClO/c1-10(2,3)8-6-4-5-7-9(11)12/h4-8H2,1-3H3. The van der Waals surface area contributed by atoms with Gasteiger partial charge in [0, 0.05) is 6.42 Å². The van der Waals surface area contributed by atoms with Gasteiger partial charge in [0.2, 0.25) is 5.24 Å². The summed E-state index contributed by atoms with van der Waals surface area (Å²) in [6.45, 7) is 6.71. The number of hydrogen-bond donors (Lipinski definition) is 0. The topological polar surface area (TPSA) is 17.1 Å². The summed E-state index contributed by atoms with van der Waals surface area (Å²) in [6.07, 6.45) is 5.02. The first-order valence-corrected chi connectivity index (χ1v) is 4.98. The van der Waals surface area contributed by atoms with Crippen LogP contribution in [0.1, 0.15) is 52.9 Å². The second kappa shape index (κ2) is 5.58. The van der Waals surface area contributed by atoms with Gasteiger partial charge in [-0.25, -0.2) is 0 Å². The van der Waals surface area contributed by atoms with Gasteiger partial charge in [-0.3, -0.25) is 4.79 Å². The first-order chi connectivity index (χ1) is 5.42. The lowest BCUT2D eigenvalue weighted by Gasteiger charge is -2.17. The van der Waals surface area contributed by atoms with Crippen molar-refractivity contribution >= 4 is 16.8 Å². The van der Waals surface area contributed by atoms with Crippen LogP contribution >= 0.6 is 11.6 Å². The SMILES string of the molecule is CC(C)(C)CCCCCC(=O)Cl. The van der Waals surface area contributed by atoms with Gasteiger partial charge in [0.05, 0.1) is 0 Å². The highest BCUT2D eigenvalue weighted by atomic mass is 35.5. The number of rotatable bonds is 5. The third-order valence-electron chi connectivity index (χ3n) is 1.80. The molecule has 0 bridgehead atoms. The predicted molar refractivity (Wildman–Crippen MR) is 53.4 cm³/mol. The highest BCUT2D eigenvalue weighted by Gasteiger charge is 2.08. The molecular formula is C10H19ClO. The van der Waals surface area contributed by atoms with E-state index in [2.05, 4.69) is 20.8 Å². The van der Waals surface area contributed by atoms with Gasteiger partial charge in [-0.05, 0) is 29.9 Å². The molecule has 0 heterocycles. The van der Waals surface area contributed by atoms with Crippen LogP contribution in [0.25, 0.3) is 0 Å². The monoisotopic (exact) mass is 190 g/mol. The highest BCUT2D eigenvalue weighted by molar-refractivity contribution is 6.63. The van der Waals surface area contributed by atoms with E-state index in [1.54, 1.807) is 0 Å². The Morgan fingerprint density at radius 3 is 2.17 bits per heavy atom. The Morgan fingerprint density at radius 2 is 1.75 bits per heavy atom. The molecule has 0 aromatic rings. The third-order valence-corrected chi connectivity index (χ3v) is 1.99. The average molecular weight is 191 g/mol. The summed E-state index contributed by atoms with van der Waals surface area (Å²) >= 11 is 5.21. The number of halogens is 1. The Balaban J connectivity index is 3.17. The van der Waals surface area contributed by atoms with Gasteiger partial charge in [0.25, 0.3) is 0 Å². The molecule has 12 heavy (non-hydrogen) atoms. The third kappa shape index (κ3) is 9.96. The number of carbonyl (C=O) groups is 1. The average Bonchev–Trinajstić information content (AvgIpc) is 1.83. The molecule has 0 aliphatic carbocycles. The van der Waals surface area contributed by atoms with Crippen LogP contribution in [-0.2, 0) is 4.79 Å². The molecule has 0 aromatic heterocycles. The Morgan fingerprint density at radius 1 is 1.17 bits per heavy atom. The normalized spacial score (nSPS) is 11.7. The highest BCUT2D eigenvalue weighted by Crippen LogP contribution is 2.22. The zero-order chi connectivity index (χ0) is 9.61. The quantitative estimate of drug-likeness (QED) is 0.477. The van der Waals surface area contributed by atoms with Gasteiger partial charge in [0.15, 0.2) is 0 Å². The van der Waals surface area contributed by atoms with Crippen LogP contribution in [-0.4, -0.2) is 5.24 Å². The van der Waals surface area contributed by atoms with Crippen LogP contribution in [0.3, 0.4) is 0 Å². The van der Waals surface area contributed by atoms with Crippen molar-refractivity contribution < 1.29 is 4.79 Å². The Bertz CT molecular complexity index is 135. The molecule has 1 nitrogen and oxygen atoms in total. The Kier molecular flexibility index (Phi) is 5.56. The molecule has 0 unspecified atom stereocenters. The summed E-state index contributed by atoms with van der Waals surface area (Å²) in [5.74, 6) is 0. The van der Waals surface area contributed by atoms with Gasteiger partial charge >= 0.3 is 0 Å². The molecule has 0 amide bonds. The summed E-state index contributed by atoms with van der Waals surface area (Å²) in [7, 11) is 0. The summed E-state index contributed by atoms with van der Waals surface area (Å²) in [5, 5.41) is -0.203. The van der Waals surface area contributed by atoms with Crippen molar-refractivity contribution in [3.05, 3.63) is 0 Å². The van der Waals surface area contributed by atoms with E-state index in [4.69, 9.17) is 11.6 Å². The molecule has 0 radical (unpaired) electrons. The molecule has 0 atom stereocenters. The van der Waals surface area contributed by atoms with E-state index >= 15 is 0 Å². The molecule has 0 saturated heterocycles. The second-order valence-electron chi connectivity index (χ2n) is 4.48. The summed E-state index contributed by atoms with van der Waals surface area (Å²) < 4.78 is 0. The largest absolute Gasteiger partial charge is 0.281 e. The lowest BCUT2D eigenvalue weighted by Crippen LogP contribution is -2.04. The minimum absolute atomic E-state index is 0.203. The lowest BCUT2D eigenvalue weighted by molar-refractivity contribution is -0.111. The van der Waals surface area contributed by atoms with Crippen molar-refractivity contribution in [1.82, 2.24) is 0 Å². The molecule has 0 spiro atoms. The van der Waals surface area contributed by atoms with Crippen molar-refractivity contribution in [2.24, 2.45) is 5.41 Å². The van der Waals surface area contributed by atoms with Crippen LogP contribution < -0.4 is 0 Å². The van der Waals surface area contributed by atoms with E-state index in [-0.39, 0.29) is 5.24 Å². The van der Waals surface area contributed by atoms with Gasteiger partial charge < -0.3 is 0 Å². The van der Waals surface area contributed by atoms with Crippen molar-refractivity contribution in [2.75, 3.05) is 0 Å². The Hall–Kier alpha value is -0.0400. The molecule has 0 aliphatic rings. The minimum Gasteiger partial charge on any atom is -0.281 e. The van der Waals surface area contributed by atoms with E-state index in [9.17, 15) is 4.79 Å². The number of hydrogen-bond acceptors (Lipinski definition) is 1. The zero-order valence-electron chi connectivity index (χ0n) is 8.32. The maximum Gasteiger partial charge on any atom is 0.221 e. The van der Waals surface area contributed by atoms with Gasteiger partial charge in [0.1, 0.15) is 0 Å². The van der Waals surface area contributed by atoms with E-state index in [0.29, 0.717) is 11.8 Å². The van der Waals surface area contributed by atoms with E-state index < -0.39 is 0 Å². The van der Waals surface area contributed by atoms with Crippen molar-refractivity contribution in [2.45, 2.75) is 52.9 Å². The van der Waals surface area contributed by atoms with Crippen molar-refractivity contribution in [1.29, 1.82) is 0 Å². The van der Waals surface area contributed by atoms with Gasteiger partial charge in [-0.1, -0.05) is 33.6 Å². The van der Waals surface area contributed by atoms with Crippen LogP contribution in [0.2, 0.25) is 0 Å². The van der Waals surface area contributed by atoms with Crippen LogP contribution in [0, 0.1) is 5.41 Å². The fraction of sp³-hybridized carbons (Fsp3) is 0.900. The lowest BCUT2D eigenvalue weighted by atomic mass is 9.89. The predicted octanol–water partition coefficient (Wildman–Crippen LogP) is 3.75. The molecule has 72 valence electrons. The molecule has 0 aliphatic heterocycles. The smallest absolute Gasteiger partial charge is 0.221 e. The van der Waals surface area contributed by atoms with E-state index in [0.717, 1.165) is 12.8 Å². The van der Waals surface area contributed by atoms with E-state index in [1.807, 2.05) is 0 Å². The van der Waals surface area contributed by atoms with Gasteiger partial charge in [-0.15, -0.1) is 0 Å². The van der Waals surface area contributed by atoms with Gasteiger partial charge in [-0.2, -0.15) is 0 Å². The fourth-order valence-electron chi connectivity index (χ4n) is 1.10. The number of unbranched alkanes of at least 4 members (excludes halogenated alkanes) is 2. The summed E-state index contributed by atoms with van der Waals surface area (Å²) in [5.41, 5.74) is 0.422. The fourth-order valence-corrected chi connectivity index (χ4v) is 1.23. The molecule has 0 rings (SSSR count). The second-order valence-corrected chi connectivity index (χ2v) is 4.90. The van der Waals surface area contributed by atoms with Crippen LogP contribution in [0.5, 0.6) is 0 Å². The maximum absolute atomic E-state index is 10.4. The van der Waals surface area contributed by atoms with Crippen molar-refractivity contribution in [3.8, 4) is 0 Å². The maximum atomic E-state index is 10.4. The van der Waals surface area contributed by atoms with Crippen LogP contribution in [0.15, 0.2) is 0 Å². The molecule has 0 N–H and O–H groups in total. The van der Waals surface area contributed by atoms with Crippen LogP contribution in [0.4, 0.5) is 0 Å². The molecule has 0 aromatic carbocycles. The first kappa shape index (κ1) is 12.0. The molecule has 0 saturated carbocycles. The molecule has 0 fully saturated rings. The summed E-state index contributed by atoms with van der Waals surface area (Å²) in [4.78, 5) is 10.4. The molecular weight excluding hydrogens is 172 g/mol. The van der Waals surface area contributed by atoms with Crippen molar-refractivity contribution in [3.63, 3.8) is 0 Å².